The van der Waals surface area contributed by atoms with E-state index in [9.17, 15) is 19.5 Å². The molecule has 0 bridgehead atoms. The quantitative estimate of drug-likeness (QED) is 0.589. The first-order chi connectivity index (χ1) is 14.3. The molecule has 4 heterocycles. The molecule has 3 aromatic heterocycles. The van der Waals surface area contributed by atoms with Gasteiger partial charge in [-0.3, -0.25) is 14.2 Å². The number of carboxylic acid groups (broad SMARTS) is 1. The summed E-state index contributed by atoms with van der Waals surface area (Å²) in [6, 6.07) is 1.65. The van der Waals surface area contributed by atoms with Gasteiger partial charge in [0.05, 0.1) is 5.39 Å². The molecule has 1 amide bonds. The number of hydrogen-bond donors (Lipinski definition) is 3. The summed E-state index contributed by atoms with van der Waals surface area (Å²) in [5.41, 5.74) is 0.974. The van der Waals surface area contributed by atoms with Gasteiger partial charge in [-0.25, -0.2) is 14.8 Å². The third kappa shape index (κ3) is 2.49. The highest BCUT2D eigenvalue weighted by Crippen LogP contribution is 2.39. The van der Waals surface area contributed by atoms with E-state index in [1.807, 2.05) is 0 Å². The van der Waals surface area contributed by atoms with Crippen LogP contribution in [0.25, 0.3) is 10.2 Å². The predicted octanol–water partition coefficient (Wildman–Crippen LogP) is 2.88. The Morgan fingerprint density at radius 1 is 1.27 bits per heavy atom. The van der Waals surface area contributed by atoms with Gasteiger partial charge >= 0.3 is 5.97 Å². The van der Waals surface area contributed by atoms with Crippen molar-refractivity contribution < 1.29 is 14.7 Å². The Balaban J connectivity index is 1.68. The Bertz CT molecular complexity index is 1300. The molecule has 5 rings (SSSR count). The molecule has 1 saturated carbocycles. The molecule has 3 aromatic rings. The lowest BCUT2D eigenvalue weighted by Crippen LogP contribution is -2.45. The highest BCUT2D eigenvalue weighted by Gasteiger charge is 2.46. The Morgan fingerprint density at radius 2 is 2.00 bits per heavy atom. The number of thiophene rings is 1. The zero-order valence-electron chi connectivity index (χ0n) is 16.4. The van der Waals surface area contributed by atoms with Crippen molar-refractivity contribution in [2.24, 2.45) is 0 Å². The van der Waals surface area contributed by atoms with Crippen LogP contribution < -0.4 is 16.2 Å². The van der Waals surface area contributed by atoms with E-state index in [4.69, 9.17) is 0 Å². The van der Waals surface area contributed by atoms with Gasteiger partial charge in [-0.1, -0.05) is 0 Å². The van der Waals surface area contributed by atoms with Gasteiger partial charge in [-0.2, -0.15) is 0 Å². The van der Waals surface area contributed by atoms with Gasteiger partial charge in [0, 0.05) is 0 Å². The molecule has 1 aliphatic heterocycles. The van der Waals surface area contributed by atoms with Crippen LogP contribution in [0.3, 0.4) is 0 Å². The maximum atomic E-state index is 13.4. The first-order valence-electron chi connectivity index (χ1n) is 9.66. The van der Waals surface area contributed by atoms with E-state index < -0.39 is 11.6 Å². The molecular weight excluding hydrogens is 406 g/mol. The summed E-state index contributed by atoms with van der Waals surface area (Å²) in [4.78, 5) is 46.7. The van der Waals surface area contributed by atoms with Crippen molar-refractivity contribution in [2.75, 3.05) is 5.32 Å². The number of aromatic nitrogens is 3. The van der Waals surface area contributed by atoms with Crippen LogP contribution in [0.2, 0.25) is 0 Å². The summed E-state index contributed by atoms with van der Waals surface area (Å²) in [5.74, 6) is -0.874. The Hall–Kier alpha value is -3.27. The number of anilines is 2. The number of carbonyl (C=O) groups is 2. The molecule has 1 fully saturated rings. The van der Waals surface area contributed by atoms with Crippen molar-refractivity contribution in [2.45, 2.75) is 45.2 Å². The van der Waals surface area contributed by atoms with Gasteiger partial charge in [-0.05, 0) is 56.7 Å². The lowest BCUT2D eigenvalue weighted by atomic mass is 10.1. The number of hydrogen-bond acceptors (Lipinski definition) is 7. The van der Waals surface area contributed by atoms with Crippen LogP contribution in [0.4, 0.5) is 11.5 Å². The Morgan fingerprint density at radius 3 is 2.70 bits per heavy atom. The van der Waals surface area contributed by atoms with Crippen molar-refractivity contribution in [1.29, 1.82) is 0 Å². The van der Waals surface area contributed by atoms with Gasteiger partial charge in [0.25, 0.3) is 11.5 Å². The number of nitrogens with one attached hydrogen (secondary N) is 2. The second kappa shape index (κ2) is 6.36. The summed E-state index contributed by atoms with van der Waals surface area (Å²) in [7, 11) is 0. The van der Waals surface area contributed by atoms with Gasteiger partial charge in [-0.15, -0.1) is 11.3 Å². The lowest BCUT2D eigenvalue weighted by molar-refractivity contribution is 0.0701. The molecule has 0 atom stereocenters. The van der Waals surface area contributed by atoms with Crippen molar-refractivity contribution in [3.8, 4) is 0 Å². The molecule has 9 nitrogen and oxygen atoms in total. The van der Waals surface area contributed by atoms with E-state index in [1.54, 1.807) is 24.5 Å². The molecule has 2 aliphatic rings. The van der Waals surface area contributed by atoms with Crippen molar-refractivity contribution in [3.63, 3.8) is 0 Å². The minimum absolute atomic E-state index is 0.190. The summed E-state index contributed by atoms with van der Waals surface area (Å²) in [5, 5.41) is 16.1. The number of fused-ring (bicyclic) bond motifs is 3. The normalized spacial score (nSPS) is 16.8. The molecule has 0 saturated heterocycles. The van der Waals surface area contributed by atoms with Crippen LogP contribution in [0.15, 0.2) is 17.2 Å². The first-order valence-corrected chi connectivity index (χ1v) is 10.5. The lowest BCUT2D eigenvalue weighted by Gasteiger charge is -2.26. The molecular formula is C20H19N5O4S. The predicted molar refractivity (Wildman–Crippen MR) is 112 cm³/mol. The third-order valence-electron chi connectivity index (χ3n) is 5.99. The van der Waals surface area contributed by atoms with Crippen LogP contribution in [0, 0.1) is 13.8 Å². The van der Waals surface area contributed by atoms with Crippen LogP contribution >= 0.6 is 11.3 Å². The summed E-state index contributed by atoms with van der Waals surface area (Å²) in [6.07, 6.45) is 4.67. The first kappa shape index (κ1) is 18.7. The number of aryl methyl sites for hydroxylation is 2. The van der Waals surface area contributed by atoms with Crippen LogP contribution in [-0.4, -0.2) is 31.5 Å². The highest BCUT2D eigenvalue weighted by molar-refractivity contribution is 7.20. The van der Waals surface area contributed by atoms with Crippen molar-refractivity contribution in [3.05, 3.63) is 44.4 Å². The van der Waals surface area contributed by atoms with Crippen LogP contribution in [0.1, 0.15) is 57.0 Å². The number of nitrogens with zero attached hydrogens (tertiary/aromatic N) is 3. The molecule has 1 spiro atoms. The summed E-state index contributed by atoms with van der Waals surface area (Å²) in [6.45, 7) is 3.51. The van der Waals surface area contributed by atoms with Crippen LogP contribution in [0.5, 0.6) is 0 Å². The molecule has 3 N–H and O–H groups in total. The molecule has 30 heavy (non-hydrogen) atoms. The van der Waals surface area contributed by atoms with E-state index in [1.165, 1.54) is 6.33 Å². The third-order valence-corrected chi connectivity index (χ3v) is 7.17. The number of amides is 1. The molecule has 0 radical (unpaired) electrons. The Kier molecular flexibility index (Phi) is 3.97. The van der Waals surface area contributed by atoms with Crippen molar-refractivity contribution >= 4 is 44.9 Å². The minimum atomic E-state index is -1.03. The monoisotopic (exact) mass is 425 g/mol. The Labute approximate surface area is 174 Å². The summed E-state index contributed by atoms with van der Waals surface area (Å²) >= 11 is 1.07. The van der Waals surface area contributed by atoms with E-state index >= 15 is 0 Å². The van der Waals surface area contributed by atoms with E-state index in [2.05, 4.69) is 20.6 Å². The van der Waals surface area contributed by atoms with Crippen molar-refractivity contribution in [1.82, 2.24) is 19.9 Å². The average Bonchev–Trinajstić information content (AvgIpc) is 3.37. The fourth-order valence-electron chi connectivity index (χ4n) is 4.66. The fourth-order valence-corrected chi connectivity index (χ4v) is 5.64. The maximum Gasteiger partial charge on any atom is 0.346 e. The molecule has 1 aliphatic carbocycles. The number of carboxylic acids is 1. The second-order valence-electron chi connectivity index (χ2n) is 7.81. The topological polar surface area (TPSA) is 126 Å². The van der Waals surface area contributed by atoms with E-state index in [0.29, 0.717) is 38.5 Å². The molecule has 0 unspecified atom stereocenters. The fraction of sp³-hybridized carbons (Fsp3) is 0.350. The van der Waals surface area contributed by atoms with Gasteiger partial charge in [0.1, 0.15) is 38.9 Å². The largest absolute Gasteiger partial charge is 0.477 e. The SMILES string of the molecule is Cc1cc(Nc2ncnc3sc(C(=O)O)c(C)c23)c(=O)n2c1C(=O)NC21CCCC1. The van der Waals surface area contributed by atoms with Gasteiger partial charge in [0.15, 0.2) is 0 Å². The average molecular weight is 425 g/mol. The maximum absolute atomic E-state index is 13.4. The zero-order chi connectivity index (χ0) is 21.2. The van der Waals surface area contributed by atoms with Gasteiger partial charge in [0.2, 0.25) is 0 Å². The van der Waals surface area contributed by atoms with E-state index in [-0.39, 0.29) is 16.3 Å². The van der Waals surface area contributed by atoms with E-state index in [0.717, 1.165) is 37.0 Å². The summed E-state index contributed by atoms with van der Waals surface area (Å²) < 4.78 is 1.60. The molecule has 154 valence electrons. The number of rotatable bonds is 3. The molecule has 10 heteroatoms. The zero-order valence-corrected chi connectivity index (χ0v) is 17.2. The smallest absolute Gasteiger partial charge is 0.346 e. The minimum Gasteiger partial charge on any atom is -0.477 e. The second-order valence-corrected chi connectivity index (χ2v) is 8.81. The number of pyridine rings is 1. The van der Waals surface area contributed by atoms with Gasteiger partial charge < -0.3 is 15.7 Å². The standard InChI is InChI=1S/C20H19N5O4S/c1-9-7-11(18(27)25-13(9)16(26)24-20(25)5-3-4-6-20)23-15-12-10(2)14(19(28)29)30-17(12)22-8-21-15/h7-8H,3-6H2,1-2H3,(H,24,26)(H,28,29)(H,21,22,23). The number of aromatic carboxylic acids is 1. The van der Waals surface area contributed by atoms with Crippen LogP contribution in [-0.2, 0) is 5.66 Å². The highest BCUT2D eigenvalue weighted by atomic mass is 32.1. The number of carbonyl (C=O) groups excluding carboxylic acids is 1. The molecule has 0 aromatic carbocycles.